The fraction of sp³-hybridized carbons (Fsp3) is 0.538. The van der Waals surface area contributed by atoms with Crippen LogP contribution in [0.25, 0.3) is 0 Å². The molecule has 0 saturated carbocycles. The van der Waals surface area contributed by atoms with Gasteiger partial charge in [0.2, 0.25) is 0 Å². The first-order valence-electron chi connectivity index (χ1n) is 6.02. The molecule has 4 heteroatoms. The van der Waals surface area contributed by atoms with Gasteiger partial charge >= 0.3 is 0 Å². The summed E-state index contributed by atoms with van der Waals surface area (Å²) in [7, 11) is 0. The van der Waals surface area contributed by atoms with Crippen LogP contribution in [0.1, 0.15) is 31.4 Å². The van der Waals surface area contributed by atoms with Crippen molar-refractivity contribution in [1.29, 1.82) is 0 Å². The second-order valence-corrected chi connectivity index (χ2v) is 5.60. The van der Waals surface area contributed by atoms with Crippen molar-refractivity contribution in [1.82, 2.24) is 4.90 Å². The van der Waals surface area contributed by atoms with Gasteiger partial charge in [-0.15, -0.1) is 0 Å². The number of hydrogen-bond acceptors (Lipinski definition) is 2. The first-order valence-corrected chi connectivity index (χ1v) is 6.82. The Labute approximate surface area is 110 Å². The molecule has 1 aromatic rings. The van der Waals surface area contributed by atoms with Crippen molar-refractivity contribution in [2.45, 2.75) is 31.8 Å². The van der Waals surface area contributed by atoms with Crippen LogP contribution in [-0.4, -0.2) is 24.0 Å². The lowest BCUT2D eigenvalue weighted by atomic mass is 10.0. The topological polar surface area (TPSA) is 29.3 Å². The van der Waals surface area contributed by atoms with E-state index in [4.69, 9.17) is 5.73 Å². The lowest BCUT2D eigenvalue weighted by Gasteiger charge is -2.35. The number of likely N-dealkylation sites (tertiary alicyclic amines) is 1. The highest BCUT2D eigenvalue weighted by molar-refractivity contribution is 9.10. The number of nitrogens with two attached hydrogens (primary N) is 1. The molecule has 1 fully saturated rings. The lowest BCUT2D eigenvalue weighted by molar-refractivity contribution is 0.159. The van der Waals surface area contributed by atoms with E-state index in [0.29, 0.717) is 10.5 Å². The van der Waals surface area contributed by atoms with Crippen LogP contribution in [0.5, 0.6) is 0 Å². The molecular weight excluding hydrogens is 283 g/mol. The predicted molar refractivity (Wildman–Crippen MR) is 71.3 cm³/mol. The first-order chi connectivity index (χ1) is 8.08. The molecule has 0 radical (unpaired) electrons. The molecule has 1 aliphatic heterocycles. The smallest absolute Gasteiger partial charge is 0.137 e. The SMILES string of the molecule is CC(c1ccc(F)c(Br)c1)N1CCCC(N)C1. The minimum absolute atomic E-state index is 0.212. The van der Waals surface area contributed by atoms with Crippen molar-refractivity contribution >= 4 is 15.9 Å². The van der Waals surface area contributed by atoms with Crippen LogP contribution in [-0.2, 0) is 0 Å². The highest BCUT2D eigenvalue weighted by Gasteiger charge is 2.22. The van der Waals surface area contributed by atoms with Crippen LogP contribution >= 0.6 is 15.9 Å². The Balaban J connectivity index is 2.12. The van der Waals surface area contributed by atoms with E-state index in [-0.39, 0.29) is 11.9 Å². The molecule has 1 saturated heterocycles. The fourth-order valence-corrected chi connectivity index (χ4v) is 2.77. The third kappa shape index (κ3) is 3.06. The summed E-state index contributed by atoms with van der Waals surface area (Å²) in [6.07, 6.45) is 2.25. The zero-order valence-electron chi connectivity index (χ0n) is 10.00. The van der Waals surface area contributed by atoms with Crippen molar-refractivity contribution in [3.63, 3.8) is 0 Å². The third-order valence-corrected chi connectivity index (χ3v) is 4.07. The molecule has 1 heterocycles. The van der Waals surface area contributed by atoms with Gasteiger partial charge in [0.1, 0.15) is 5.82 Å². The Morgan fingerprint density at radius 1 is 1.53 bits per heavy atom. The summed E-state index contributed by atoms with van der Waals surface area (Å²) >= 11 is 3.23. The first kappa shape index (κ1) is 13.0. The molecule has 94 valence electrons. The largest absolute Gasteiger partial charge is 0.327 e. The summed E-state index contributed by atoms with van der Waals surface area (Å²) in [4.78, 5) is 2.37. The second-order valence-electron chi connectivity index (χ2n) is 4.75. The molecule has 0 spiro atoms. The maximum Gasteiger partial charge on any atom is 0.137 e. The zero-order valence-corrected chi connectivity index (χ0v) is 11.6. The molecular formula is C13H18BrFN2. The van der Waals surface area contributed by atoms with E-state index in [2.05, 4.69) is 27.8 Å². The number of nitrogens with zero attached hydrogens (tertiary/aromatic N) is 1. The number of benzene rings is 1. The average Bonchev–Trinajstić information content (AvgIpc) is 2.32. The molecule has 0 aromatic heterocycles. The van der Waals surface area contributed by atoms with Crippen molar-refractivity contribution in [3.8, 4) is 0 Å². The van der Waals surface area contributed by atoms with Gasteiger partial charge in [0, 0.05) is 18.6 Å². The zero-order chi connectivity index (χ0) is 12.4. The van der Waals surface area contributed by atoms with Gasteiger partial charge in [-0.25, -0.2) is 4.39 Å². The molecule has 2 unspecified atom stereocenters. The van der Waals surface area contributed by atoms with E-state index in [9.17, 15) is 4.39 Å². The van der Waals surface area contributed by atoms with E-state index in [1.807, 2.05) is 12.1 Å². The second kappa shape index (κ2) is 5.46. The molecule has 2 atom stereocenters. The number of hydrogen-bond donors (Lipinski definition) is 1. The van der Waals surface area contributed by atoms with Crippen molar-refractivity contribution in [2.24, 2.45) is 5.73 Å². The molecule has 0 amide bonds. The van der Waals surface area contributed by atoms with Gasteiger partial charge in [0.25, 0.3) is 0 Å². The van der Waals surface area contributed by atoms with Crippen LogP contribution in [0.2, 0.25) is 0 Å². The molecule has 1 aromatic carbocycles. The molecule has 0 aliphatic carbocycles. The minimum Gasteiger partial charge on any atom is -0.327 e. The molecule has 17 heavy (non-hydrogen) atoms. The standard InChI is InChI=1S/C13H18BrFN2/c1-9(17-6-2-3-11(16)8-17)10-4-5-13(15)12(14)7-10/h4-5,7,9,11H,2-3,6,8,16H2,1H3. The highest BCUT2D eigenvalue weighted by atomic mass is 79.9. The van der Waals surface area contributed by atoms with E-state index < -0.39 is 0 Å². The predicted octanol–water partition coefficient (Wildman–Crippen LogP) is 3.07. The molecule has 2 rings (SSSR count). The highest BCUT2D eigenvalue weighted by Crippen LogP contribution is 2.27. The van der Waals surface area contributed by atoms with E-state index in [1.165, 1.54) is 6.07 Å². The summed E-state index contributed by atoms with van der Waals surface area (Å²) in [5.41, 5.74) is 7.12. The summed E-state index contributed by atoms with van der Waals surface area (Å²) in [6, 6.07) is 5.79. The van der Waals surface area contributed by atoms with Crippen LogP contribution < -0.4 is 5.73 Å². The van der Waals surface area contributed by atoms with Gasteiger partial charge in [-0.3, -0.25) is 4.90 Å². The van der Waals surface area contributed by atoms with Gasteiger partial charge in [-0.1, -0.05) is 6.07 Å². The quantitative estimate of drug-likeness (QED) is 0.909. The lowest BCUT2D eigenvalue weighted by Crippen LogP contribution is -2.43. The van der Waals surface area contributed by atoms with E-state index in [1.54, 1.807) is 0 Å². The monoisotopic (exact) mass is 300 g/mol. The van der Waals surface area contributed by atoms with E-state index in [0.717, 1.165) is 31.5 Å². The molecule has 0 bridgehead atoms. The van der Waals surface area contributed by atoms with Crippen LogP contribution in [0.4, 0.5) is 4.39 Å². The molecule has 1 aliphatic rings. The Morgan fingerprint density at radius 3 is 2.94 bits per heavy atom. The average molecular weight is 301 g/mol. The van der Waals surface area contributed by atoms with Crippen molar-refractivity contribution in [3.05, 3.63) is 34.1 Å². The van der Waals surface area contributed by atoms with Crippen LogP contribution in [0.15, 0.2) is 22.7 Å². The number of piperidine rings is 1. The molecule has 2 nitrogen and oxygen atoms in total. The Hall–Kier alpha value is -0.450. The minimum atomic E-state index is -0.212. The normalized spacial score (nSPS) is 23.6. The van der Waals surface area contributed by atoms with E-state index >= 15 is 0 Å². The Bertz CT molecular complexity index is 397. The molecule has 2 N–H and O–H groups in total. The summed E-state index contributed by atoms with van der Waals surface area (Å²) < 4.78 is 13.7. The Morgan fingerprint density at radius 2 is 2.29 bits per heavy atom. The third-order valence-electron chi connectivity index (χ3n) is 3.46. The maximum absolute atomic E-state index is 13.2. The summed E-state index contributed by atoms with van der Waals surface area (Å²) in [5.74, 6) is -0.212. The van der Waals surface area contributed by atoms with Gasteiger partial charge in [-0.2, -0.15) is 0 Å². The fourth-order valence-electron chi connectivity index (χ4n) is 2.38. The van der Waals surface area contributed by atoms with Crippen LogP contribution in [0, 0.1) is 5.82 Å². The van der Waals surface area contributed by atoms with Crippen molar-refractivity contribution < 1.29 is 4.39 Å². The van der Waals surface area contributed by atoms with Gasteiger partial charge in [-0.05, 0) is 59.9 Å². The van der Waals surface area contributed by atoms with Gasteiger partial charge in [0.15, 0.2) is 0 Å². The maximum atomic E-state index is 13.2. The van der Waals surface area contributed by atoms with Gasteiger partial charge in [0.05, 0.1) is 4.47 Å². The number of rotatable bonds is 2. The Kier molecular flexibility index (Phi) is 4.17. The number of halogens is 2. The van der Waals surface area contributed by atoms with Crippen LogP contribution in [0.3, 0.4) is 0 Å². The van der Waals surface area contributed by atoms with Crippen molar-refractivity contribution in [2.75, 3.05) is 13.1 Å². The van der Waals surface area contributed by atoms with Gasteiger partial charge < -0.3 is 5.73 Å². The summed E-state index contributed by atoms with van der Waals surface area (Å²) in [6.45, 7) is 4.15. The summed E-state index contributed by atoms with van der Waals surface area (Å²) in [5, 5.41) is 0.